The minimum Gasteiger partial charge on any atom is -0.459 e. The zero-order valence-corrected chi connectivity index (χ0v) is 14.8. The maximum atomic E-state index is 12.3. The number of anilines is 1. The van der Waals surface area contributed by atoms with Gasteiger partial charge in [-0.1, -0.05) is 18.2 Å². The molecule has 1 N–H and O–H groups in total. The first-order valence-electron chi connectivity index (χ1n) is 7.88. The van der Waals surface area contributed by atoms with Crippen LogP contribution in [0.3, 0.4) is 0 Å². The minimum atomic E-state index is -0.533. The average Bonchev–Trinajstić information content (AvgIpc) is 3.21. The van der Waals surface area contributed by atoms with Crippen molar-refractivity contribution in [1.82, 2.24) is 0 Å². The third-order valence-corrected chi connectivity index (χ3v) is 4.58. The van der Waals surface area contributed by atoms with Crippen LogP contribution in [0.15, 0.2) is 76.2 Å². The van der Waals surface area contributed by atoms with E-state index in [-0.39, 0.29) is 28.9 Å². The van der Waals surface area contributed by atoms with E-state index in [1.807, 2.05) is 6.07 Å². The smallest absolute Gasteiger partial charge is 0.291 e. The topological polar surface area (TPSA) is 102 Å². The number of nitro groups is 1. The van der Waals surface area contributed by atoms with E-state index in [0.29, 0.717) is 11.3 Å². The van der Waals surface area contributed by atoms with Crippen molar-refractivity contribution in [2.75, 3.05) is 11.1 Å². The van der Waals surface area contributed by atoms with Gasteiger partial charge >= 0.3 is 0 Å². The monoisotopic (exact) mass is 382 g/mol. The molecule has 136 valence electrons. The number of ketones is 1. The number of nitro benzene ring substituents is 1. The summed E-state index contributed by atoms with van der Waals surface area (Å²) in [7, 11) is 0. The van der Waals surface area contributed by atoms with Crippen molar-refractivity contribution in [2.45, 2.75) is 4.90 Å². The van der Waals surface area contributed by atoms with Gasteiger partial charge in [-0.15, -0.1) is 11.8 Å². The number of carbonyl (C=O) groups is 2. The number of hydrogen-bond acceptors (Lipinski definition) is 6. The Morgan fingerprint density at radius 2 is 1.89 bits per heavy atom. The predicted octanol–water partition coefficient (Wildman–Crippen LogP) is 4.42. The fourth-order valence-electron chi connectivity index (χ4n) is 2.29. The lowest BCUT2D eigenvalue weighted by atomic mass is 10.1. The van der Waals surface area contributed by atoms with Gasteiger partial charge in [0.15, 0.2) is 11.5 Å². The Kier molecular flexibility index (Phi) is 5.68. The molecule has 27 heavy (non-hydrogen) atoms. The highest BCUT2D eigenvalue weighted by atomic mass is 32.2. The highest BCUT2D eigenvalue weighted by Gasteiger charge is 2.13. The van der Waals surface area contributed by atoms with Crippen molar-refractivity contribution >= 4 is 34.8 Å². The second-order valence-electron chi connectivity index (χ2n) is 5.48. The van der Waals surface area contributed by atoms with Crippen LogP contribution < -0.4 is 5.32 Å². The molecule has 0 fully saturated rings. The summed E-state index contributed by atoms with van der Waals surface area (Å²) in [6.07, 6.45) is 1.42. The van der Waals surface area contributed by atoms with Gasteiger partial charge in [-0.3, -0.25) is 19.7 Å². The van der Waals surface area contributed by atoms with Crippen LogP contribution in [-0.4, -0.2) is 22.4 Å². The van der Waals surface area contributed by atoms with Crippen LogP contribution in [0, 0.1) is 10.1 Å². The second kappa shape index (κ2) is 8.33. The van der Waals surface area contributed by atoms with Crippen LogP contribution in [0.25, 0.3) is 0 Å². The molecule has 0 saturated heterocycles. The largest absolute Gasteiger partial charge is 0.459 e. The predicted molar refractivity (Wildman–Crippen MR) is 101 cm³/mol. The number of carbonyl (C=O) groups excluding carboxylic acids is 2. The van der Waals surface area contributed by atoms with Crippen LogP contribution in [0.4, 0.5) is 11.4 Å². The van der Waals surface area contributed by atoms with Crippen molar-refractivity contribution < 1.29 is 18.9 Å². The molecule has 2 aromatic carbocycles. The van der Waals surface area contributed by atoms with Crippen molar-refractivity contribution in [3.63, 3.8) is 0 Å². The van der Waals surface area contributed by atoms with E-state index in [2.05, 4.69) is 5.32 Å². The Morgan fingerprint density at radius 3 is 2.63 bits per heavy atom. The van der Waals surface area contributed by atoms with Gasteiger partial charge in [0.2, 0.25) is 0 Å². The lowest BCUT2D eigenvalue weighted by molar-refractivity contribution is -0.384. The lowest BCUT2D eigenvalue weighted by Crippen LogP contribution is -2.10. The first-order valence-corrected chi connectivity index (χ1v) is 8.87. The Hall–Kier alpha value is -3.39. The van der Waals surface area contributed by atoms with Crippen LogP contribution >= 0.6 is 11.8 Å². The fraction of sp³-hybridized carbons (Fsp3) is 0.0526. The molecule has 3 aromatic rings. The zero-order chi connectivity index (χ0) is 19.2. The number of rotatable bonds is 7. The summed E-state index contributed by atoms with van der Waals surface area (Å²) >= 11 is 1.28. The maximum Gasteiger partial charge on any atom is 0.291 e. The summed E-state index contributed by atoms with van der Waals surface area (Å²) in [6, 6.07) is 15.9. The molecule has 8 heteroatoms. The Bertz CT molecular complexity index is 985. The zero-order valence-electron chi connectivity index (χ0n) is 14.0. The van der Waals surface area contributed by atoms with Gasteiger partial charge < -0.3 is 9.73 Å². The Balaban J connectivity index is 1.63. The summed E-state index contributed by atoms with van der Waals surface area (Å²) in [5.41, 5.74) is 0.747. The molecule has 3 rings (SSSR count). The van der Waals surface area contributed by atoms with Crippen LogP contribution in [0.5, 0.6) is 0 Å². The maximum absolute atomic E-state index is 12.3. The summed E-state index contributed by atoms with van der Waals surface area (Å²) in [5, 5.41) is 13.5. The highest BCUT2D eigenvalue weighted by molar-refractivity contribution is 8.00. The number of nitrogens with zero attached hydrogens (tertiary/aromatic N) is 1. The van der Waals surface area contributed by atoms with E-state index in [1.165, 1.54) is 36.2 Å². The van der Waals surface area contributed by atoms with E-state index >= 15 is 0 Å². The number of furan rings is 1. The molecule has 7 nitrogen and oxygen atoms in total. The number of non-ortho nitro benzene ring substituents is 1. The molecular weight excluding hydrogens is 368 g/mol. The summed E-state index contributed by atoms with van der Waals surface area (Å²) < 4.78 is 5.04. The summed E-state index contributed by atoms with van der Waals surface area (Å²) in [6.45, 7) is 0. The van der Waals surface area contributed by atoms with Gasteiger partial charge in [-0.05, 0) is 30.3 Å². The first kappa shape index (κ1) is 18.4. The Morgan fingerprint density at radius 1 is 1.07 bits per heavy atom. The number of nitrogens with one attached hydrogen (secondary N) is 1. The molecule has 0 saturated carbocycles. The first-order chi connectivity index (χ1) is 13.0. The number of amides is 1. The van der Waals surface area contributed by atoms with Gasteiger partial charge in [-0.25, -0.2) is 0 Å². The van der Waals surface area contributed by atoms with E-state index in [0.717, 1.165) is 4.90 Å². The summed E-state index contributed by atoms with van der Waals surface area (Å²) in [4.78, 5) is 35.4. The normalized spacial score (nSPS) is 10.4. The second-order valence-corrected chi connectivity index (χ2v) is 6.53. The van der Waals surface area contributed by atoms with Crippen molar-refractivity contribution in [3.8, 4) is 0 Å². The van der Waals surface area contributed by atoms with Gasteiger partial charge in [0.1, 0.15) is 0 Å². The number of hydrogen-bond donors (Lipinski definition) is 1. The average molecular weight is 382 g/mol. The van der Waals surface area contributed by atoms with E-state index in [1.54, 1.807) is 36.4 Å². The summed E-state index contributed by atoms with van der Waals surface area (Å²) in [5.74, 6) is -0.256. The van der Waals surface area contributed by atoms with Gasteiger partial charge in [-0.2, -0.15) is 0 Å². The molecule has 0 radical (unpaired) electrons. The highest BCUT2D eigenvalue weighted by Crippen LogP contribution is 2.24. The third-order valence-electron chi connectivity index (χ3n) is 3.59. The molecule has 1 amide bonds. The molecule has 0 aliphatic rings. The van der Waals surface area contributed by atoms with Crippen LogP contribution in [0.2, 0.25) is 0 Å². The molecule has 0 atom stereocenters. The van der Waals surface area contributed by atoms with Gasteiger partial charge in [0.25, 0.3) is 11.6 Å². The third kappa shape index (κ3) is 4.83. The van der Waals surface area contributed by atoms with E-state index in [9.17, 15) is 19.7 Å². The van der Waals surface area contributed by atoms with E-state index < -0.39 is 4.92 Å². The quantitative estimate of drug-likeness (QED) is 0.281. The molecular formula is C19H14N2O5S. The lowest BCUT2D eigenvalue weighted by Gasteiger charge is -2.06. The molecule has 1 heterocycles. The van der Waals surface area contributed by atoms with Gasteiger partial charge in [0, 0.05) is 28.3 Å². The fourth-order valence-corrected chi connectivity index (χ4v) is 3.14. The Labute approximate surface area is 158 Å². The van der Waals surface area contributed by atoms with Crippen molar-refractivity contribution in [2.24, 2.45) is 0 Å². The van der Waals surface area contributed by atoms with E-state index in [4.69, 9.17) is 4.42 Å². The number of thioether (sulfide) groups is 1. The molecule has 0 aliphatic heterocycles. The molecule has 0 unspecified atom stereocenters. The molecule has 0 aliphatic carbocycles. The SMILES string of the molecule is O=C(CSc1cccc(NC(=O)c2ccco2)c1)c1cccc([N+](=O)[O-])c1. The standard InChI is InChI=1S/C19H14N2O5S/c22-17(13-4-1-6-15(10-13)21(24)25)12-27-16-7-2-5-14(11-16)20-19(23)18-8-3-9-26-18/h1-11H,12H2,(H,20,23). The van der Waals surface area contributed by atoms with Crippen LogP contribution in [-0.2, 0) is 0 Å². The van der Waals surface area contributed by atoms with Crippen molar-refractivity contribution in [3.05, 3.63) is 88.4 Å². The molecule has 0 bridgehead atoms. The molecule has 0 spiro atoms. The van der Waals surface area contributed by atoms with Gasteiger partial charge in [0.05, 0.1) is 16.9 Å². The van der Waals surface area contributed by atoms with Crippen molar-refractivity contribution in [1.29, 1.82) is 0 Å². The molecule has 1 aromatic heterocycles. The number of benzene rings is 2. The minimum absolute atomic E-state index is 0.117. The van der Waals surface area contributed by atoms with Crippen LogP contribution in [0.1, 0.15) is 20.9 Å². The number of Topliss-reactive ketones (excluding diaryl/α,β-unsaturated/α-hetero) is 1.